The average Bonchev–Trinajstić information content (AvgIpc) is 3.13. The second-order valence-corrected chi connectivity index (χ2v) is 6.10. The van der Waals surface area contributed by atoms with Gasteiger partial charge in [0.05, 0.1) is 17.9 Å². The first-order chi connectivity index (χ1) is 13.8. The minimum absolute atomic E-state index is 0.180. The molecule has 0 fully saturated rings. The maximum Gasteiger partial charge on any atom is 0.437 e. The van der Waals surface area contributed by atoms with Crippen molar-refractivity contribution in [1.82, 2.24) is 9.78 Å². The molecule has 6 nitrogen and oxygen atoms in total. The summed E-state index contributed by atoms with van der Waals surface area (Å²) in [5.74, 6) is -0.240. The molecule has 0 aliphatic rings. The van der Waals surface area contributed by atoms with Crippen molar-refractivity contribution in [2.45, 2.75) is 6.54 Å². The monoisotopic (exact) mass is 370 g/mol. The third kappa shape index (κ3) is 4.07. The second kappa shape index (κ2) is 8.18. The summed E-state index contributed by atoms with van der Waals surface area (Å²) in [4.78, 5) is 12.3. The molecule has 0 aliphatic heterocycles. The molecule has 0 unspecified atom stereocenters. The molecule has 0 amide bonds. The molecular formula is C22H18N4O2. The molecule has 0 radical (unpaired) electrons. The van der Waals surface area contributed by atoms with Gasteiger partial charge < -0.3 is 4.42 Å². The first-order valence-electron chi connectivity index (χ1n) is 8.86. The highest BCUT2D eigenvalue weighted by Gasteiger charge is 2.13. The minimum Gasteiger partial charge on any atom is -0.388 e. The van der Waals surface area contributed by atoms with Gasteiger partial charge in [-0.25, -0.2) is 4.79 Å². The molecule has 138 valence electrons. The highest BCUT2D eigenvalue weighted by Crippen LogP contribution is 2.14. The van der Waals surface area contributed by atoms with E-state index in [9.17, 15) is 4.79 Å². The number of hydrogen-bond donors (Lipinski definition) is 1. The van der Waals surface area contributed by atoms with Gasteiger partial charge in [0, 0.05) is 5.56 Å². The van der Waals surface area contributed by atoms with Crippen LogP contribution in [0.4, 0.5) is 5.69 Å². The molecular weight excluding hydrogens is 352 g/mol. The molecule has 6 heteroatoms. The molecule has 0 bridgehead atoms. The summed E-state index contributed by atoms with van der Waals surface area (Å²) in [5.41, 5.74) is 6.20. The molecule has 4 aromatic rings. The number of benzene rings is 3. The number of hydrazone groups is 1. The molecule has 28 heavy (non-hydrogen) atoms. The van der Waals surface area contributed by atoms with Crippen molar-refractivity contribution < 1.29 is 4.42 Å². The number of para-hydroxylation sites is 1. The number of nitrogens with one attached hydrogen (secondary N) is 1. The molecule has 0 spiro atoms. The fraction of sp³-hybridized carbons (Fsp3) is 0.0455. The molecule has 0 saturated heterocycles. The van der Waals surface area contributed by atoms with E-state index in [2.05, 4.69) is 15.6 Å². The van der Waals surface area contributed by atoms with Crippen LogP contribution in [0.15, 0.2) is 105 Å². The Morgan fingerprint density at radius 3 is 2.18 bits per heavy atom. The Labute approximate surface area is 161 Å². The third-order valence-electron chi connectivity index (χ3n) is 4.13. The van der Waals surface area contributed by atoms with Gasteiger partial charge in [0.15, 0.2) is 0 Å². The van der Waals surface area contributed by atoms with Gasteiger partial charge in [-0.1, -0.05) is 66.7 Å². The van der Waals surface area contributed by atoms with E-state index in [1.54, 1.807) is 0 Å². The van der Waals surface area contributed by atoms with Crippen LogP contribution in [0.2, 0.25) is 0 Å². The Morgan fingerprint density at radius 2 is 1.50 bits per heavy atom. The number of hydrogen-bond acceptors (Lipinski definition) is 5. The minimum atomic E-state index is -0.526. The molecule has 0 atom stereocenters. The molecule has 1 aromatic heterocycles. The van der Waals surface area contributed by atoms with E-state index in [0.29, 0.717) is 5.71 Å². The van der Waals surface area contributed by atoms with Gasteiger partial charge in [0.25, 0.3) is 0 Å². The summed E-state index contributed by atoms with van der Waals surface area (Å²) >= 11 is 0. The van der Waals surface area contributed by atoms with E-state index in [4.69, 9.17) is 4.42 Å². The summed E-state index contributed by atoms with van der Waals surface area (Å²) in [6.07, 6.45) is 0. The van der Waals surface area contributed by atoms with Gasteiger partial charge >= 0.3 is 5.76 Å². The van der Waals surface area contributed by atoms with Crippen LogP contribution in [0.3, 0.4) is 0 Å². The van der Waals surface area contributed by atoms with Crippen molar-refractivity contribution in [3.05, 3.63) is 107 Å². The predicted octanol–water partition coefficient (Wildman–Crippen LogP) is 4.02. The summed E-state index contributed by atoms with van der Waals surface area (Å²) in [6.45, 7) is 0.180. The van der Waals surface area contributed by atoms with Crippen LogP contribution in [0.5, 0.6) is 0 Å². The van der Waals surface area contributed by atoms with Crippen LogP contribution in [0.1, 0.15) is 5.56 Å². The normalized spacial score (nSPS) is 11.4. The fourth-order valence-corrected chi connectivity index (χ4v) is 2.71. The molecule has 0 aliphatic carbocycles. The Kier molecular flexibility index (Phi) is 5.11. The Bertz CT molecular complexity index is 1120. The third-order valence-corrected chi connectivity index (χ3v) is 4.13. The first kappa shape index (κ1) is 17.5. The lowest BCUT2D eigenvalue weighted by Gasteiger charge is -2.07. The van der Waals surface area contributed by atoms with Crippen LogP contribution in [0.25, 0.3) is 11.5 Å². The van der Waals surface area contributed by atoms with Crippen LogP contribution in [-0.4, -0.2) is 15.5 Å². The molecule has 1 heterocycles. The number of nitrogens with zero attached hydrogens (tertiary/aromatic N) is 3. The summed E-state index contributed by atoms with van der Waals surface area (Å²) in [5, 5.41) is 8.84. The van der Waals surface area contributed by atoms with Gasteiger partial charge in [-0.05, 0) is 29.8 Å². The lowest BCUT2D eigenvalue weighted by atomic mass is 10.1. The second-order valence-electron chi connectivity index (χ2n) is 6.10. The maximum absolute atomic E-state index is 12.3. The quantitative estimate of drug-likeness (QED) is 0.411. The van der Waals surface area contributed by atoms with Gasteiger partial charge in [-0.2, -0.15) is 9.78 Å². The van der Waals surface area contributed by atoms with Gasteiger partial charge in [0.2, 0.25) is 5.89 Å². The molecule has 1 N–H and O–H groups in total. The Morgan fingerprint density at radius 1 is 0.893 bits per heavy atom. The van der Waals surface area contributed by atoms with E-state index >= 15 is 0 Å². The topological polar surface area (TPSA) is 72.4 Å². The molecule has 0 saturated carbocycles. The Hall–Kier alpha value is -3.93. The highest BCUT2D eigenvalue weighted by atomic mass is 16.4. The SMILES string of the molecule is O=c1oc(-c2ccccc2)nn1C/C(=N/Nc1ccccc1)c1ccccc1. The van der Waals surface area contributed by atoms with Crippen molar-refractivity contribution in [3.63, 3.8) is 0 Å². The first-order valence-corrected chi connectivity index (χ1v) is 8.86. The zero-order chi connectivity index (χ0) is 19.2. The summed E-state index contributed by atoms with van der Waals surface area (Å²) in [6, 6.07) is 28.6. The van der Waals surface area contributed by atoms with Gasteiger partial charge in [0.1, 0.15) is 0 Å². The Balaban J connectivity index is 1.65. The van der Waals surface area contributed by atoms with E-state index in [-0.39, 0.29) is 12.4 Å². The van der Waals surface area contributed by atoms with E-state index in [1.807, 2.05) is 91.0 Å². The molecule has 4 rings (SSSR count). The van der Waals surface area contributed by atoms with E-state index in [1.165, 1.54) is 4.68 Å². The molecule has 3 aromatic carbocycles. The largest absolute Gasteiger partial charge is 0.437 e. The summed E-state index contributed by atoms with van der Waals surface area (Å²) < 4.78 is 6.60. The van der Waals surface area contributed by atoms with Crippen molar-refractivity contribution in [1.29, 1.82) is 0 Å². The zero-order valence-electron chi connectivity index (χ0n) is 15.0. The standard InChI is InChI=1S/C22H18N4O2/c27-22-26(25-21(28-22)18-12-6-2-7-13-18)16-20(17-10-4-1-5-11-17)24-23-19-14-8-3-9-15-19/h1-15,23H,16H2/b24-20-. The number of anilines is 1. The number of aromatic nitrogens is 2. The van der Waals surface area contributed by atoms with Crippen molar-refractivity contribution in [2.75, 3.05) is 5.43 Å². The predicted molar refractivity (Wildman–Crippen MR) is 109 cm³/mol. The van der Waals surface area contributed by atoms with Crippen molar-refractivity contribution in [3.8, 4) is 11.5 Å². The average molecular weight is 370 g/mol. The van der Waals surface area contributed by atoms with Crippen LogP contribution < -0.4 is 11.2 Å². The number of rotatable bonds is 6. The van der Waals surface area contributed by atoms with Crippen LogP contribution >= 0.6 is 0 Å². The van der Waals surface area contributed by atoms with Crippen molar-refractivity contribution >= 4 is 11.4 Å². The fourth-order valence-electron chi connectivity index (χ4n) is 2.71. The zero-order valence-corrected chi connectivity index (χ0v) is 15.0. The summed E-state index contributed by atoms with van der Waals surface area (Å²) in [7, 11) is 0. The van der Waals surface area contributed by atoms with Crippen LogP contribution in [-0.2, 0) is 6.54 Å². The van der Waals surface area contributed by atoms with E-state index < -0.39 is 5.76 Å². The van der Waals surface area contributed by atoms with Crippen molar-refractivity contribution in [2.24, 2.45) is 5.10 Å². The maximum atomic E-state index is 12.3. The smallest absolute Gasteiger partial charge is 0.388 e. The van der Waals surface area contributed by atoms with Gasteiger partial charge in [-0.15, -0.1) is 5.10 Å². The van der Waals surface area contributed by atoms with Gasteiger partial charge in [-0.3, -0.25) is 5.43 Å². The lowest BCUT2D eigenvalue weighted by Crippen LogP contribution is -2.23. The highest BCUT2D eigenvalue weighted by molar-refractivity contribution is 6.00. The van der Waals surface area contributed by atoms with Crippen LogP contribution in [0, 0.1) is 0 Å². The lowest BCUT2D eigenvalue weighted by molar-refractivity contribution is 0.500. The van der Waals surface area contributed by atoms with E-state index in [0.717, 1.165) is 16.8 Å².